The van der Waals surface area contributed by atoms with Crippen molar-refractivity contribution in [1.29, 1.82) is 0 Å². The number of fused-ring (bicyclic) bond motifs is 1. The number of rotatable bonds is 4. The Morgan fingerprint density at radius 1 is 1.37 bits per heavy atom. The van der Waals surface area contributed by atoms with Crippen molar-refractivity contribution in [3.63, 3.8) is 0 Å². The van der Waals surface area contributed by atoms with E-state index >= 15 is 0 Å². The molecular formula is C15H20N2O2. The van der Waals surface area contributed by atoms with E-state index in [0.29, 0.717) is 13.2 Å². The summed E-state index contributed by atoms with van der Waals surface area (Å²) in [7, 11) is 0. The molecule has 0 atom stereocenters. The number of hydrogen-bond donors (Lipinski definition) is 1. The number of anilines is 1. The Balaban J connectivity index is 1.52. The van der Waals surface area contributed by atoms with Crippen molar-refractivity contribution >= 4 is 11.6 Å². The smallest absolute Gasteiger partial charge is 0.223 e. The quantitative estimate of drug-likeness (QED) is 0.897. The molecule has 19 heavy (non-hydrogen) atoms. The third-order valence-electron chi connectivity index (χ3n) is 3.98. The van der Waals surface area contributed by atoms with Crippen LogP contribution in [0.2, 0.25) is 0 Å². The molecule has 1 aromatic carbocycles. The van der Waals surface area contributed by atoms with Gasteiger partial charge in [-0.1, -0.05) is 18.6 Å². The minimum atomic E-state index is 0.229. The van der Waals surface area contributed by atoms with Crippen molar-refractivity contribution in [2.45, 2.75) is 19.3 Å². The highest BCUT2D eigenvalue weighted by molar-refractivity contribution is 5.79. The van der Waals surface area contributed by atoms with Crippen LogP contribution in [0.1, 0.15) is 19.3 Å². The zero-order chi connectivity index (χ0) is 13.1. The molecule has 0 bridgehead atoms. The van der Waals surface area contributed by atoms with E-state index in [2.05, 4.69) is 16.3 Å². The lowest BCUT2D eigenvalue weighted by Gasteiger charge is -2.31. The predicted octanol–water partition coefficient (Wildman–Crippen LogP) is 1.80. The molecule has 102 valence electrons. The predicted molar refractivity (Wildman–Crippen MR) is 74.5 cm³/mol. The van der Waals surface area contributed by atoms with E-state index in [1.807, 2.05) is 18.2 Å². The molecule has 3 rings (SSSR count). The van der Waals surface area contributed by atoms with E-state index in [9.17, 15) is 4.79 Å². The molecule has 1 aliphatic heterocycles. The van der Waals surface area contributed by atoms with Crippen molar-refractivity contribution in [2.24, 2.45) is 5.92 Å². The number of para-hydroxylation sites is 2. The van der Waals surface area contributed by atoms with Crippen molar-refractivity contribution in [1.82, 2.24) is 5.32 Å². The Hall–Kier alpha value is -1.71. The normalized spacial score (nSPS) is 18.2. The molecule has 1 fully saturated rings. The number of hydrogen-bond acceptors (Lipinski definition) is 3. The Labute approximate surface area is 113 Å². The van der Waals surface area contributed by atoms with Gasteiger partial charge in [0, 0.05) is 19.0 Å². The molecule has 1 N–H and O–H groups in total. The number of carbonyl (C=O) groups excluding carboxylic acids is 1. The van der Waals surface area contributed by atoms with Gasteiger partial charge in [-0.2, -0.15) is 0 Å². The molecule has 4 heteroatoms. The highest BCUT2D eigenvalue weighted by Crippen LogP contribution is 2.30. The first-order chi connectivity index (χ1) is 9.34. The van der Waals surface area contributed by atoms with E-state index < -0.39 is 0 Å². The summed E-state index contributed by atoms with van der Waals surface area (Å²) in [5, 5.41) is 3.04. The topological polar surface area (TPSA) is 41.6 Å². The van der Waals surface area contributed by atoms with Crippen LogP contribution in [0.3, 0.4) is 0 Å². The van der Waals surface area contributed by atoms with Gasteiger partial charge in [-0.3, -0.25) is 4.79 Å². The van der Waals surface area contributed by atoms with Crippen LogP contribution in [0.5, 0.6) is 5.75 Å². The van der Waals surface area contributed by atoms with E-state index in [4.69, 9.17) is 4.74 Å². The molecule has 4 nitrogen and oxygen atoms in total. The molecule has 0 radical (unpaired) electrons. The van der Waals surface area contributed by atoms with E-state index in [-0.39, 0.29) is 11.8 Å². The maximum atomic E-state index is 11.8. The van der Waals surface area contributed by atoms with Gasteiger partial charge in [-0.15, -0.1) is 0 Å². The summed E-state index contributed by atoms with van der Waals surface area (Å²) in [6.45, 7) is 3.16. The maximum absolute atomic E-state index is 11.8. The molecular weight excluding hydrogens is 240 g/mol. The lowest BCUT2D eigenvalue weighted by atomic mass is 9.85. The lowest BCUT2D eigenvalue weighted by Crippen LogP contribution is -2.41. The van der Waals surface area contributed by atoms with Crippen LogP contribution < -0.4 is 15.0 Å². The van der Waals surface area contributed by atoms with Crippen LogP contribution in [0.4, 0.5) is 5.69 Å². The van der Waals surface area contributed by atoms with Crippen LogP contribution in [-0.4, -0.2) is 32.1 Å². The van der Waals surface area contributed by atoms with Crippen LogP contribution >= 0.6 is 0 Å². The number of nitrogens with zero attached hydrogens (tertiary/aromatic N) is 1. The van der Waals surface area contributed by atoms with E-state index in [1.165, 1.54) is 6.42 Å². The second-order valence-electron chi connectivity index (χ2n) is 5.22. The summed E-state index contributed by atoms with van der Waals surface area (Å²) in [6.07, 6.45) is 3.33. The SMILES string of the molecule is O=C(NCCN1CCOc2ccccc21)C1CCC1. The third kappa shape index (κ3) is 2.67. The summed E-state index contributed by atoms with van der Waals surface area (Å²) in [6, 6.07) is 8.07. The van der Waals surface area contributed by atoms with Gasteiger partial charge in [-0.25, -0.2) is 0 Å². The summed E-state index contributed by atoms with van der Waals surface area (Å²) < 4.78 is 5.62. The summed E-state index contributed by atoms with van der Waals surface area (Å²) in [5.41, 5.74) is 1.13. The zero-order valence-corrected chi connectivity index (χ0v) is 11.1. The summed E-state index contributed by atoms with van der Waals surface area (Å²) in [4.78, 5) is 14.0. The average Bonchev–Trinajstić information content (AvgIpc) is 2.37. The van der Waals surface area contributed by atoms with Crippen LogP contribution in [-0.2, 0) is 4.79 Å². The van der Waals surface area contributed by atoms with Crippen molar-refractivity contribution in [3.8, 4) is 5.75 Å². The molecule has 1 saturated carbocycles. The van der Waals surface area contributed by atoms with Crippen LogP contribution in [0.25, 0.3) is 0 Å². The second kappa shape index (κ2) is 5.51. The molecule has 1 aromatic rings. The third-order valence-corrected chi connectivity index (χ3v) is 3.98. The maximum Gasteiger partial charge on any atom is 0.223 e. The van der Waals surface area contributed by atoms with Crippen LogP contribution in [0, 0.1) is 5.92 Å². The second-order valence-corrected chi connectivity index (χ2v) is 5.22. The minimum Gasteiger partial charge on any atom is -0.490 e. The first-order valence-corrected chi connectivity index (χ1v) is 7.09. The fourth-order valence-corrected chi connectivity index (χ4v) is 2.59. The molecule has 0 aromatic heterocycles. The monoisotopic (exact) mass is 260 g/mol. The minimum absolute atomic E-state index is 0.229. The average molecular weight is 260 g/mol. The number of ether oxygens (including phenoxy) is 1. The Morgan fingerprint density at radius 3 is 3.00 bits per heavy atom. The first kappa shape index (κ1) is 12.3. The van der Waals surface area contributed by atoms with Gasteiger partial charge in [0.1, 0.15) is 12.4 Å². The largest absolute Gasteiger partial charge is 0.490 e. The number of nitrogens with one attached hydrogen (secondary N) is 1. The summed E-state index contributed by atoms with van der Waals surface area (Å²) in [5.74, 6) is 1.45. The number of benzene rings is 1. The summed E-state index contributed by atoms with van der Waals surface area (Å²) >= 11 is 0. The molecule has 1 heterocycles. The number of carbonyl (C=O) groups is 1. The lowest BCUT2D eigenvalue weighted by molar-refractivity contribution is -0.127. The van der Waals surface area contributed by atoms with E-state index in [0.717, 1.165) is 37.4 Å². The standard InChI is InChI=1S/C15H20N2O2/c18-15(12-4-3-5-12)16-8-9-17-10-11-19-14-7-2-1-6-13(14)17/h1-2,6-7,12H,3-5,8-11H2,(H,16,18). The Morgan fingerprint density at radius 2 is 2.21 bits per heavy atom. The molecule has 0 saturated heterocycles. The van der Waals surface area contributed by atoms with Gasteiger partial charge in [0.05, 0.1) is 12.2 Å². The van der Waals surface area contributed by atoms with Crippen molar-refractivity contribution in [2.75, 3.05) is 31.1 Å². The van der Waals surface area contributed by atoms with Crippen LogP contribution in [0.15, 0.2) is 24.3 Å². The van der Waals surface area contributed by atoms with Gasteiger partial charge in [0.25, 0.3) is 0 Å². The van der Waals surface area contributed by atoms with E-state index in [1.54, 1.807) is 0 Å². The Kier molecular flexibility index (Phi) is 3.58. The fourth-order valence-electron chi connectivity index (χ4n) is 2.59. The van der Waals surface area contributed by atoms with Gasteiger partial charge >= 0.3 is 0 Å². The Bertz CT molecular complexity index is 457. The highest BCUT2D eigenvalue weighted by Gasteiger charge is 2.25. The van der Waals surface area contributed by atoms with Crippen molar-refractivity contribution < 1.29 is 9.53 Å². The zero-order valence-electron chi connectivity index (χ0n) is 11.1. The first-order valence-electron chi connectivity index (χ1n) is 7.09. The van der Waals surface area contributed by atoms with Gasteiger partial charge in [0.15, 0.2) is 0 Å². The molecule has 0 spiro atoms. The molecule has 1 amide bonds. The molecule has 1 aliphatic carbocycles. The molecule has 2 aliphatic rings. The number of amides is 1. The molecule has 0 unspecified atom stereocenters. The van der Waals surface area contributed by atoms with Gasteiger partial charge in [-0.05, 0) is 25.0 Å². The van der Waals surface area contributed by atoms with Crippen molar-refractivity contribution in [3.05, 3.63) is 24.3 Å². The van der Waals surface area contributed by atoms with Gasteiger partial charge < -0.3 is 15.0 Å². The highest BCUT2D eigenvalue weighted by atomic mass is 16.5. The van der Waals surface area contributed by atoms with Gasteiger partial charge in [0.2, 0.25) is 5.91 Å². The fraction of sp³-hybridized carbons (Fsp3) is 0.533.